The minimum Gasteiger partial charge on any atom is -0.497 e. The topological polar surface area (TPSA) is 197 Å². The second-order valence-corrected chi connectivity index (χ2v) is 22.1. The Labute approximate surface area is 424 Å². The van der Waals surface area contributed by atoms with E-state index in [1.807, 2.05) is 18.2 Å². The number of carbonyl (C=O) groups is 1. The lowest BCUT2D eigenvalue weighted by molar-refractivity contribution is -0.384. The molecule has 6 aromatic rings. The summed E-state index contributed by atoms with van der Waals surface area (Å²) in [6.07, 6.45) is 8.59. The van der Waals surface area contributed by atoms with Crippen molar-refractivity contribution in [3.63, 3.8) is 0 Å². The Balaban J connectivity index is 0.837. The summed E-state index contributed by atoms with van der Waals surface area (Å²) in [4.78, 5) is 43.9. The molecule has 3 aromatic heterocycles. The number of sulfonamides is 1. The third-order valence-electron chi connectivity index (χ3n) is 15.4. The number of alkyl halides is 1. The highest BCUT2D eigenvalue weighted by atomic mass is 32.2. The van der Waals surface area contributed by atoms with Gasteiger partial charge in [0.25, 0.3) is 15.9 Å². The van der Waals surface area contributed by atoms with Crippen LogP contribution in [0.2, 0.25) is 0 Å². The number of pyridine rings is 2. The minimum atomic E-state index is -4.71. The lowest BCUT2D eigenvalue weighted by Crippen LogP contribution is -2.60. The molecule has 4 aliphatic rings. The second kappa shape index (κ2) is 20.7. The summed E-state index contributed by atoms with van der Waals surface area (Å²) in [5.74, 6) is 0.378. The van der Waals surface area contributed by atoms with Gasteiger partial charge in [-0.3, -0.25) is 24.7 Å². The van der Waals surface area contributed by atoms with Crippen LogP contribution in [-0.2, 0) is 21.3 Å². The molecule has 3 N–H and O–H groups in total. The molecule has 1 spiro atoms. The van der Waals surface area contributed by atoms with Crippen LogP contribution in [0.5, 0.6) is 17.2 Å². The van der Waals surface area contributed by atoms with Crippen LogP contribution in [0.15, 0.2) is 108 Å². The molecular weight excluding hydrogens is 954 g/mol. The van der Waals surface area contributed by atoms with E-state index in [0.717, 1.165) is 94.0 Å². The number of benzene rings is 3. The maximum absolute atomic E-state index is 15.3. The number of hydrogen-bond acceptors (Lipinski definition) is 14. The van der Waals surface area contributed by atoms with Crippen molar-refractivity contribution in [1.29, 1.82) is 0 Å². The number of piperazine rings is 1. The number of methoxy groups -OCH3 is 1. The van der Waals surface area contributed by atoms with Gasteiger partial charge >= 0.3 is 5.69 Å². The van der Waals surface area contributed by atoms with E-state index >= 15 is 4.39 Å². The highest BCUT2D eigenvalue weighted by Gasteiger charge is 2.50. The first kappa shape index (κ1) is 49.9. The Morgan fingerprint density at radius 2 is 1.71 bits per heavy atom. The van der Waals surface area contributed by atoms with E-state index in [1.165, 1.54) is 29.0 Å². The molecule has 73 heavy (non-hydrogen) atoms. The molecule has 1 atom stereocenters. The number of nitro groups is 1. The standard InChI is InChI=1S/C54H62FN9O8S/c1-36(2)44-6-4-5-7-45(44)48-34-61(33-37-8-11-41(70-3)12-9-37)22-23-63(48)40-29-53(30-40)15-20-62(21-16-53)39-10-13-46(49(27-39)72-42-26-38-14-19-56-50(38)57-31-42)52(65)60-73(68,69)43-28-47(64(66)67)51(58-32-43)59-35-54(55)17-24-71-25-18-54/h4-14,19,26-28,31-32,36,40,48H,15-18,20-25,29-30,33-35H2,1-3H3,(H,56,57)(H,58,59)(H,60,65)/t48-/m0/s1. The number of halogens is 1. The van der Waals surface area contributed by atoms with Crippen molar-refractivity contribution in [3.05, 3.63) is 136 Å². The maximum Gasteiger partial charge on any atom is 0.312 e. The Kier molecular flexibility index (Phi) is 14.1. The van der Waals surface area contributed by atoms with E-state index in [2.05, 4.69) is 89.9 Å². The summed E-state index contributed by atoms with van der Waals surface area (Å²) >= 11 is 0. The molecule has 384 valence electrons. The fraction of sp³-hybridized carbons (Fsp3) is 0.426. The second-order valence-electron chi connectivity index (χ2n) is 20.4. The maximum atomic E-state index is 15.3. The number of fused-ring (bicyclic) bond motifs is 1. The van der Waals surface area contributed by atoms with Crippen molar-refractivity contribution in [2.24, 2.45) is 5.41 Å². The van der Waals surface area contributed by atoms with Crippen LogP contribution in [0, 0.1) is 15.5 Å². The quantitative estimate of drug-likeness (QED) is 0.0613. The van der Waals surface area contributed by atoms with E-state index in [0.29, 0.717) is 23.4 Å². The van der Waals surface area contributed by atoms with Gasteiger partial charge in [0.05, 0.1) is 36.5 Å². The Morgan fingerprint density at radius 3 is 2.45 bits per heavy atom. The fourth-order valence-corrected chi connectivity index (χ4v) is 12.1. The van der Waals surface area contributed by atoms with Gasteiger partial charge in [-0.15, -0.1) is 0 Å². The first-order valence-corrected chi connectivity index (χ1v) is 26.6. The Morgan fingerprint density at radius 1 is 0.945 bits per heavy atom. The Hall–Kier alpha value is -6.67. The number of carbonyl (C=O) groups excluding carboxylic acids is 1. The number of nitrogens with one attached hydrogen (secondary N) is 3. The van der Waals surface area contributed by atoms with Crippen molar-refractivity contribution in [2.45, 2.75) is 87.5 Å². The fourth-order valence-electron chi connectivity index (χ4n) is 11.2. The van der Waals surface area contributed by atoms with Gasteiger partial charge in [0.2, 0.25) is 5.82 Å². The van der Waals surface area contributed by atoms with Crippen LogP contribution in [0.3, 0.4) is 0 Å². The van der Waals surface area contributed by atoms with Gasteiger partial charge < -0.3 is 29.4 Å². The zero-order valence-corrected chi connectivity index (χ0v) is 42.2. The zero-order chi connectivity index (χ0) is 50.9. The predicted molar refractivity (Wildman–Crippen MR) is 276 cm³/mol. The van der Waals surface area contributed by atoms with Crippen molar-refractivity contribution in [3.8, 4) is 17.2 Å². The van der Waals surface area contributed by atoms with Crippen LogP contribution < -0.4 is 24.4 Å². The third-order valence-corrected chi connectivity index (χ3v) is 16.7. The molecule has 3 aliphatic heterocycles. The lowest BCUT2D eigenvalue weighted by Gasteiger charge is -2.58. The number of anilines is 2. The largest absolute Gasteiger partial charge is 0.497 e. The number of ether oxygens (including phenoxy) is 3. The Bertz CT molecular complexity index is 3080. The lowest BCUT2D eigenvalue weighted by atomic mass is 9.59. The first-order chi connectivity index (χ1) is 35.2. The molecule has 6 heterocycles. The number of amides is 1. The monoisotopic (exact) mass is 1020 g/mol. The molecule has 1 amide bonds. The van der Waals surface area contributed by atoms with Crippen LogP contribution in [0.1, 0.15) is 91.4 Å². The summed E-state index contributed by atoms with van der Waals surface area (Å²) < 4.78 is 61.9. The number of H-pyrrole nitrogens is 1. The van der Waals surface area contributed by atoms with Gasteiger partial charge in [-0.1, -0.05) is 50.2 Å². The first-order valence-electron chi connectivity index (χ1n) is 25.1. The molecule has 0 radical (unpaired) electrons. The average molecular weight is 1020 g/mol. The molecular formula is C54H62FN9O8S. The van der Waals surface area contributed by atoms with Gasteiger partial charge in [0.1, 0.15) is 33.5 Å². The molecule has 0 unspecified atom stereocenters. The molecule has 1 aliphatic carbocycles. The van der Waals surface area contributed by atoms with E-state index in [9.17, 15) is 23.3 Å². The number of aromatic amines is 1. The van der Waals surface area contributed by atoms with Crippen LogP contribution in [-0.4, -0.2) is 115 Å². The van der Waals surface area contributed by atoms with Crippen LogP contribution >= 0.6 is 0 Å². The number of nitrogens with zero attached hydrogens (tertiary/aromatic N) is 6. The zero-order valence-electron chi connectivity index (χ0n) is 41.4. The van der Waals surface area contributed by atoms with Crippen molar-refractivity contribution < 1.29 is 36.7 Å². The number of rotatable bonds is 16. The molecule has 10 rings (SSSR count). The van der Waals surface area contributed by atoms with Gasteiger partial charge in [-0.2, -0.15) is 0 Å². The number of piperidine rings is 1. The van der Waals surface area contributed by atoms with Gasteiger partial charge in [0.15, 0.2) is 0 Å². The van der Waals surface area contributed by atoms with Gasteiger partial charge in [0, 0.05) is 107 Å². The predicted octanol–water partition coefficient (Wildman–Crippen LogP) is 9.15. The molecule has 1 saturated carbocycles. The molecule has 19 heteroatoms. The molecule has 17 nitrogen and oxygen atoms in total. The average Bonchev–Trinajstić information content (AvgIpc) is 3.86. The smallest absolute Gasteiger partial charge is 0.312 e. The highest BCUT2D eigenvalue weighted by Crippen LogP contribution is 2.53. The summed E-state index contributed by atoms with van der Waals surface area (Å²) in [6.45, 7) is 10.1. The summed E-state index contributed by atoms with van der Waals surface area (Å²) in [7, 11) is -3.02. The SMILES string of the molecule is COc1ccc(CN2CCN(C3CC4(CCN(c5ccc(C(=O)NS(=O)(=O)c6cnc(NCC7(F)CCOCC7)c([N+](=O)[O-])c6)c(Oc6cnc7[nH]ccc7c6)c5)CC4)C3)[C@H](c3ccccc3C(C)C)C2)cc1. The van der Waals surface area contributed by atoms with E-state index < -0.39 is 37.1 Å². The van der Waals surface area contributed by atoms with Gasteiger partial charge in [-0.25, -0.2) is 27.5 Å². The van der Waals surface area contributed by atoms with Crippen molar-refractivity contribution in [1.82, 2.24) is 29.5 Å². The number of hydrogen-bond donors (Lipinski definition) is 3. The minimum absolute atomic E-state index is 0.0834. The van der Waals surface area contributed by atoms with Crippen molar-refractivity contribution >= 4 is 44.2 Å². The number of aromatic nitrogens is 3. The van der Waals surface area contributed by atoms with Crippen LogP contribution in [0.25, 0.3) is 11.0 Å². The summed E-state index contributed by atoms with van der Waals surface area (Å²) in [6, 6.07) is 27.6. The molecule has 3 aromatic carbocycles. The summed E-state index contributed by atoms with van der Waals surface area (Å²) in [5.41, 5.74) is 3.33. The normalized spacial score (nSPS) is 19.4. The van der Waals surface area contributed by atoms with Gasteiger partial charge in [-0.05, 0) is 90.1 Å². The van der Waals surface area contributed by atoms with E-state index in [1.54, 1.807) is 31.5 Å². The molecule has 0 bridgehead atoms. The highest BCUT2D eigenvalue weighted by molar-refractivity contribution is 7.90. The van der Waals surface area contributed by atoms with E-state index in [4.69, 9.17) is 14.2 Å². The molecule has 3 saturated heterocycles. The van der Waals surface area contributed by atoms with E-state index in [-0.39, 0.29) is 61.2 Å². The summed E-state index contributed by atoms with van der Waals surface area (Å²) in [5, 5.41) is 15.6. The third kappa shape index (κ3) is 10.9. The molecule has 4 fully saturated rings. The van der Waals surface area contributed by atoms with Crippen LogP contribution in [0.4, 0.5) is 21.6 Å². The van der Waals surface area contributed by atoms with Crippen molar-refractivity contribution in [2.75, 3.05) is 69.8 Å².